The highest BCUT2D eigenvalue weighted by Gasteiger charge is 2.16. The Balaban J connectivity index is 1.95. The summed E-state index contributed by atoms with van der Waals surface area (Å²) in [6.45, 7) is 4.09. The lowest BCUT2D eigenvalue weighted by Gasteiger charge is -2.14. The summed E-state index contributed by atoms with van der Waals surface area (Å²) < 4.78 is 7.53. The smallest absolute Gasteiger partial charge is 0.333 e. The molecule has 0 unspecified atom stereocenters. The molecule has 0 bridgehead atoms. The number of fused-ring (bicyclic) bond motifs is 1. The van der Waals surface area contributed by atoms with E-state index in [1.54, 1.807) is 43.5 Å². The quantitative estimate of drug-likeness (QED) is 0.661. The van der Waals surface area contributed by atoms with Crippen LogP contribution in [-0.2, 0) is 17.9 Å². The molecule has 0 aliphatic carbocycles. The minimum atomic E-state index is -0.535. The summed E-state index contributed by atoms with van der Waals surface area (Å²) in [5, 5.41) is 3.06. The SMILES string of the molecule is COc1ccc(NC(=O)Cn2c(=O)n(CCC(C)C)c(=O)c3cccnc32)cc1. The second-order valence-corrected chi connectivity index (χ2v) is 7.16. The first-order valence-electron chi connectivity index (χ1n) is 9.43. The summed E-state index contributed by atoms with van der Waals surface area (Å²) >= 11 is 0. The van der Waals surface area contributed by atoms with Crippen molar-refractivity contribution in [3.63, 3.8) is 0 Å². The second-order valence-electron chi connectivity index (χ2n) is 7.16. The van der Waals surface area contributed by atoms with Crippen molar-refractivity contribution in [2.45, 2.75) is 33.4 Å². The fourth-order valence-corrected chi connectivity index (χ4v) is 2.99. The molecule has 0 aliphatic heterocycles. The fraction of sp³-hybridized carbons (Fsp3) is 0.333. The van der Waals surface area contributed by atoms with Gasteiger partial charge in [-0.15, -0.1) is 0 Å². The van der Waals surface area contributed by atoms with Crippen LogP contribution in [0.15, 0.2) is 52.2 Å². The third-order valence-corrected chi connectivity index (χ3v) is 4.59. The summed E-state index contributed by atoms with van der Waals surface area (Å²) in [7, 11) is 1.56. The van der Waals surface area contributed by atoms with Gasteiger partial charge in [0, 0.05) is 18.4 Å². The van der Waals surface area contributed by atoms with Crippen LogP contribution in [0, 0.1) is 5.92 Å². The van der Waals surface area contributed by atoms with Gasteiger partial charge >= 0.3 is 5.69 Å². The molecule has 0 spiro atoms. The van der Waals surface area contributed by atoms with Crippen LogP contribution in [0.4, 0.5) is 5.69 Å². The Hall–Kier alpha value is -3.42. The van der Waals surface area contributed by atoms with E-state index in [2.05, 4.69) is 10.3 Å². The molecule has 29 heavy (non-hydrogen) atoms. The number of anilines is 1. The number of amides is 1. The van der Waals surface area contributed by atoms with Gasteiger partial charge in [-0.3, -0.25) is 18.7 Å². The predicted molar refractivity (Wildman–Crippen MR) is 111 cm³/mol. The number of pyridine rings is 1. The molecule has 152 valence electrons. The lowest BCUT2D eigenvalue weighted by molar-refractivity contribution is -0.116. The van der Waals surface area contributed by atoms with Crippen LogP contribution in [-0.4, -0.2) is 27.1 Å². The van der Waals surface area contributed by atoms with E-state index < -0.39 is 11.6 Å². The molecule has 2 heterocycles. The summed E-state index contributed by atoms with van der Waals surface area (Å²) in [4.78, 5) is 42.5. The molecule has 1 amide bonds. The van der Waals surface area contributed by atoms with Gasteiger partial charge < -0.3 is 10.1 Å². The molecule has 3 aromatic rings. The number of methoxy groups -OCH3 is 1. The van der Waals surface area contributed by atoms with Crippen LogP contribution in [0.2, 0.25) is 0 Å². The van der Waals surface area contributed by atoms with Crippen LogP contribution < -0.4 is 21.3 Å². The van der Waals surface area contributed by atoms with E-state index >= 15 is 0 Å². The van der Waals surface area contributed by atoms with E-state index in [1.165, 1.54) is 15.3 Å². The Bertz CT molecular complexity index is 1130. The number of aromatic nitrogens is 3. The van der Waals surface area contributed by atoms with Crippen molar-refractivity contribution in [3.8, 4) is 5.75 Å². The van der Waals surface area contributed by atoms with Crippen molar-refractivity contribution < 1.29 is 9.53 Å². The number of carbonyl (C=O) groups is 1. The monoisotopic (exact) mass is 396 g/mol. The summed E-state index contributed by atoms with van der Waals surface area (Å²) in [5.41, 5.74) is -0.139. The van der Waals surface area contributed by atoms with Gasteiger partial charge in [0.15, 0.2) is 0 Å². The number of benzene rings is 1. The number of carbonyl (C=O) groups excluding carboxylic acids is 1. The van der Waals surface area contributed by atoms with Crippen LogP contribution in [0.5, 0.6) is 5.75 Å². The van der Waals surface area contributed by atoms with Crippen molar-refractivity contribution in [2.75, 3.05) is 12.4 Å². The number of hydrogen-bond donors (Lipinski definition) is 1. The van der Waals surface area contributed by atoms with Gasteiger partial charge in [0.2, 0.25) is 5.91 Å². The minimum absolute atomic E-state index is 0.202. The topological polar surface area (TPSA) is 95.2 Å². The Morgan fingerprint density at radius 2 is 1.86 bits per heavy atom. The highest BCUT2D eigenvalue weighted by molar-refractivity contribution is 5.91. The molecule has 0 fully saturated rings. The van der Waals surface area contributed by atoms with Crippen molar-refractivity contribution in [3.05, 3.63) is 63.4 Å². The third kappa shape index (κ3) is 4.53. The molecule has 0 saturated carbocycles. The molecule has 1 aromatic carbocycles. The second kappa shape index (κ2) is 8.72. The molecular weight excluding hydrogens is 372 g/mol. The van der Waals surface area contributed by atoms with Gasteiger partial charge in [-0.25, -0.2) is 9.78 Å². The molecule has 3 rings (SSSR count). The van der Waals surface area contributed by atoms with E-state index in [4.69, 9.17) is 4.74 Å². The van der Waals surface area contributed by atoms with Crippen LogP contribution in [0.3, 0.4) is 0 Å². The molecule has 0 atom stereocenters. The molecule has 2 aromatic heterocycles. The number of ether oxygens (including phenoxy) is 1. The third-order valence-electron chi connectivity index (χ3n) is 4.59. The minimum Gasteiger partial charge on any atom is -0.497 e. The first-order chi connectivity index (χ1) is 13.9. The Morgan fingerprint density at radius 1 is 1.14 bits per heavy atom. The lowest BCUT2D eigenvalue weighted by atomic mass is 10.1. The Labute approximate surface area is 167 Å². The molecular formula is C21H24N4O4. The zero-order valence-corrected chi connectivity index (χ0v) is 16.7. The van der Waals surface area contributed by atoms with E-state index in [1.807, 2.05) is 13.8 Å². The molecule has 8 heteroatoms. The van der Waals surface area contributed by atoms with Crippen LogP contribution >= 0.6 is 0 Å². The van der Waals surface area contributed by atoms with Gasteiger partial charge in [0.1, 0.15) is 17.9 Å². The van der Waals surface area contributed by atoms with Gasteiger partial charge in [-0.05, 0) is 48.7 Å². The average molecular weight is 396 g/mol. The van der Waals surface area contributed by atoms with E-state index in [0.29, 0.717) is 35.7 Å². The molecule has 1 N–H and O–H groups in total. The number of nitrogens with one attached hydrogen (secondary N) is 1. The highest BCUT2D eigenvalue weighted by atomic mass is 16.5. The maximum absolute atomic E-state index is 13.0. The maximum atomic E-state index is 13.0. The first-order valence-corrected chi connectivity index (χ1v) is 9.43. The standard InChI is InChI=1S/C21H24N4O4/c1-14(2)10-12-24-20(27)17-5-4-11-22-19(17)25(21(24)28)13-18(26)23-15-6-8-16(29-3)9-7-15/h4-9,11,14H,10,12-13H2,1-3H3,(H,23,26). The van der Waals surface area contributed by atoms with Crippen LogP contribution in [0.1, 0.15) is 20.3 Å². The summed E-state index contributed by atoms with van der Waals surface area (Å²) in [6, 6.07) is 10.1. The largest absolute Gasteiger partial charge is 0.497 e. The Kier molecular flexibility index (Phi) is 6.11. The van der Waals surface area contributed by atoms with Gasteiger partial charge in [-0.1, -0.05) is 13.8 Å². The average Bonchev–Trinajstić information content (AvgIpc) is 2.71. The highest BCUT2D eigenvalue weighted by Crippen LogP contribution is 2.15. The van der Waals surface area contributed by atoms with E-state index in [-0.39, 0.29) is 17.8 Å². The predicted octanol–water partition coefficient (Wildman–Crippen LogP) is 2.25. The number of nitrogens with zero attached hydrogens (tertiary/aromatic N) is 3. The van der Waals surface area contributed by atoms with E-state index in [0.717, 1.165) is 0 Å². The van der Waals surface area contributed by atoms with Crippen molar-refractivity contribution >= 4 is 22.6 Å². The summed E-state index contributed by atoms with van der Waals surface area (Å²) in [6.07, 6.45) is 2.18. The van der Waals surface area contributed by atoms with Crippen LogP contribution in [0.25, 0.3) is 11.0 Å². The Morgan fingerprint density at radius 3 is 2.52 bits per heavy atom. The van der Waals surface area contributed by atoms with E-state index in [9.17, 15) is 14.4 Å². The molecule has 0 saturated heterocycles. The van der Waals surface area contributed by atoms with Gasteiger partial charge in [-0.2, -0.15) is 0 Å². The van der Waals surface area contributed by atoms with Gasteiger partial charge in [0.25, 0.3) is 5.56 Å². The molecule has 0 aliphatic rings. The van der Waals surface area contributed by atoms with Crippen molar-refractivity contribution in [1.82, 2.24) is 14.1 Å². The molecule has 0 radical (unpaired) electrons. The fourth-order valence-electron chi connectivity index (χ4n) is 2.99. The first kappa shape index (κ1) is 20.3. The molecule has 8 nitrogen and oxygen atoms in total. The number of hydrogen-bond acceptors (Lipinski definition) is 5. The summed E-state index contributed by atoms with van der Waals surface area (Å²) in [5.74, 6) is 0.614. The zero-order valence-electron chi connectivity index (χ0n) is 16.7. The van der Waals surface area contributed by atoms with Gasteiger partial charge in [0.05, 0.1) is 12.5 Å². The normalized spacial score (nSPS) is 11.0. The van der Waals surface area contributed by atoms with Crippen molar-refractivity contribution in [1.29, 1.82) is 0 Å². The maximum Gasteiger partial charge on any atom is 0.333 e. The zero-order chi connectivity index (χ0) is 21.0. The van der Waals surface area contributed by atoms with Crippen molar-refractivity contribution in [2.24, 2.45) is 5.92 Å². The number of rotatable bonds is 7. The lowest BCUT2D eigenvalue weighted by Crippen LogP contribution is -2.42.